The average Bonchev–Trinajstić information content (AvgIpc) is 2.52. The maximum atomic E-state index is 11.9. The Bertz CT molecular complexity index is 272. The third kappa shape index (κ3) is 18.1. The van der Waals surface area contributed by atoms with Gasteiger partial charge in [0, 0.05) is 6.42 Å². The number of unbranched alkanes of at least 4 members (excludes halogenated alkanes) is 6. The Labute approximate surface area is 157 Å². The van der Waals surface area contributed by atoms with Crippen molar-refractivity contribution in [1.82, 2.24) is 0 Å². The molecule has 3 nitrogen and oxygen atoms in total. The number of rotatable bonds is 16. The Kier molecular flexibility index (Phi) is 20.6. The molecule has 1 N–H and O–H groups in total. The van der Waals surface area contributed by atoms with Crippen molar-refractivity contribution in [3.05, 3.63) is 0 Å². The van der Waals surface area contributed by atoms with Crippen molar-refractivity contribution < 1.29 is 26.8 Å². The van der Waals surface area contributed by atoms with Gasteiger partial charge in [-0.2, -0.15) is 0 Å². The van der Waals surface area contributed by atoms with Crippen LogP contribution in [0.4, 0.5) is 0 Å². The molecule has 24 heavy (non-hydrogen) atoms. The van der Waals surface area contributed by atoms with Gasteiger partial charge >= 0.3 is 5.97 Å². The molecule has 0 spiro atoms. The maximum Gasteiger partial charge on any atom is 0.305 e. The number of carbonyl (C=O) groups is 1. The third-order valence-corrected chi connectivity index (χ3v) is 4.47. The molecule has 4 heteroatoms. The van der Waals surface area contributed by atoms with Crippen LogP contribution in [0, 0.1) is 5.92 Å². The highest BCUT2D eigenvalue weighted by Gasteiger charge is 2.11. The minimum absolute atomic E-state index is 0. The molecular weight excluding hydrogens is 322 g/mol. The number of nitrogens with one attached hydrogen (secondary N) is 1. The van der Waals surface area contributed by atoms with Crippen LogP contribution in [0.1, 0.15) is 90.9 Å². The van der Waals surface area contributed by atoms with Gasteiger partial charge in [-0.3, -0.25) is 4.79 Å². The molecule has 146 valence electrons. The van der Waals surface area contributed by atoms with Crippen LogP contribution >= 0.6 is 0 Å². The second kappa shape index (κ2) is 19.1. The molecule has 0 rings (SSSR count). The number of esters is 1. The van der Waals surface area contributed by atoms with Crippen LogP contribution in [-0.2, 0) is 9.53 Å². The molecule has 0 aliphatic carbocycles. The normalized spacial score (nSPS) is 12.0. The maximum absolute atomic E-state index is 11.9. The standard InChI is InChI=1S/C20H41NO2.ClH/c1-5-7-9-11-15-19(14-8-6-2)18-23-20(22)16-12-10-13-17-21(3)4;/h19H,5-18H2,1-4H3;1H. The van der Waals surface area contributed by atoms with Crippen LogP contribution in [0.3, 0.4) is 0 Å². The van der Waals surface area contributed by atoms with E-state index in [0.717, 1.165) is 12.8 Å². The molecule has 0 aromatic rings. The lowest BCUT2D eigenvalue weighted by molar-refractivity contribution is -0.858. The second-order valence-electron chi connectivity index (χ2n) is 7.31. The van der Waals surface area contributed by atoms with E-state index < -0.39 is 0 Å². The van der Waals surface area contributed by atoms with Crippen LogP contribution in [0.5, 0.6) is 0 Å². The summed E-state index contributed by atoms with van der Waals surface area (Å²) in [4.78, 5) is 13.3. The molecule has 0 radical (unpaired) electrons. The van der Waals surface area contributed by atoms with Gasteiger partial charge in [-0.1, -0.05) is 52.4 Å². The van der Waals surface area contributed by atoms with Gasteiger partial charge in [0.25, 0.3) is 0 Å². The van der Waals surface area contributed by atoms with Gasteiger partial charge in [-0.15, -0.1) is 0 Å². The summed E-state index contributed by atoms with van der Waals surface area (Å²) in [5, 5.41) is 0. The Morgan fingerprint density at radius 2 is 1.50 bits per heavy atom. The summed E-state index contributed by atoms with van der Waals surface area (Å²) in [6.45, 7) is 6.31. The van der Waals surface area contributed by atoms with Crippen molar-refractivity contribution in [1.29, 1.82) is 0 Å². The van der Waals surface area contributed by atoms with Crippen molar-refractivity contribution in [2.45, 2.75) is 90.9 Å². The van der Waals surface area contributed by atoms with E-state index in [0.29, 0.717) is 18.9 Å². The summed E-state index contributed by atoms with van der Waals surface area (Å²) in [6, 6.07) is 0. The number of halogens is 1. The average molecular weight is 364 g/mol. The fourth-order valence-corrected chi connectivity index (χ4v) is 2.87. The smallest absolute Gasteiger partial charge is 0.305 e. The fraction of sp³-hybridized carbons (Fsp3) is 0.950. The Morgan fingerprint density at radius 3 is 2.12 bits per heavy atom. The van der Waals surface area contributed by atoms with E-state index in [-0.39, 0.29) is 18.4 Å². The van der Waals surface area contributed by atoms with E-state index in [2.05, 4.69) is 27.9 Å². The van der Waals surface area contributed by atoms with Crippen LogP contribution in [0.25, 0.3) is 0 Å². The minimum Gasteiger partial charge on any atom is -1.00 e. The lowest BCUT2D eigenvalue weighted by Gasteiger charge is -2.16. The topological polar surface area (TPSA) is 30.7 Å². The first-order valence-electron chi connectivity index (χ1n) is 10.0. The first kappa shape index (κ1) is 26.0. The molecule has 1 unspecified atom stereocenters. The summed E-state index contributed by atoms with van der Waals surface area (Å²) in [6.07, 6.45) is 14.0. The van der Waals surface area contributed by atoms with Gasteiger partial charge in [-0.25, -0.2) is 0 Å². The van der Waals surface area contributed by atoms with E-state index in [1.54, 1.807) is 0 Å². The third-order valence-electron chi connectivity index (χ3n) is 4.47. The molecule has 0 heterocycles. The summed E-state index contributed by atoms with van der Waals surface area (Å²) in [7, 11) is 4.34. The van der Waals surface area contributed by atoms with Gasteiger partial charge in [0.2, 0.25) is 0 Å². The molecule has 0 aliphatic heterocycles. The van der Waals surface area contributed by atoms with Crippen LogP contribution < -0.4 is 17.3 Å². The monoisotopic (exact) mass is 363 g/mol. The molecule has 0 saturated heterocycles. The predicted octanol–water partition coefficient (Wildman–Crippen LogP) is 1.02. The van der Waals surface area contributed by atoms with E-state index in [9.17, 15) is 4.79 Å². The van der Waals surface area contributed by atoms with Crippen LogP contribution in [0.2, 0.25) is 0 Å². The molecule has 0 aliphatic rings. The molecule has 0 aromatic heterocycles. The van der Waals surface area contributed by atoms with Crippen molar-refractivity contribution in [3.63, 3.8) is 0 Å². The molecule has 1 atom stereocenters. The largest absolute Gasteiger partial charge is 1.00 e. The first-order valence-corrected chi connectivity index (χ1v) is 10.0. The van der Waals surface area contributed by atoms with Crippen molar-refractivity contribution in [2.24, 2.45) is 5.92 Å². The van der Waals surface area contributed by atoms with Crippen molar-refractivity contribution >= 4 is 5.97 Å². The van der Waals surface area contributed by atoms with Gasteiger partial charge < -0.3 is 22.0 Å². The zero-order valence-corrected chi connectivity index (χ0v) is 17.4. The predicted molar refractivity (Wildman–Crippen MR) is 98.9 cm³/mol. The quantitative estimate of drug-likeness (QED) is 0.328. The van der Waals surface area contributed by atoms with E-state index in [4.69, 9.17) is 4.74 Å². The summed E-state index contributed by atoms with van der Waals surface area (Å²) in [5.41, 5.74) is 0. The Morgan fingerprint density at radius 1 is 0.875 bits per heavy atom. The van der Waals surface area contributed by atoms with Gasteiger partial charge in [0.1, 0.15) is 0 Å². The van der Waals surface area contributed by atoms with E-state index in [1.807, 2.05) is 0 Å². The van der Waals surface area contributed by atoms with E-state index >= 15 is 0 Å². The second-order valence-corrected chi connectivity index (χ2v) is 7.31. The molecule has 0 fully saturated rings. The lowest BCUT2D eigenvalue weighted by Crippen LogP contribution is -3.05. The first-order chi connectivity index (χ1) is 11.1. The number of ether oxygens (including phenoxy) is 1. The van der Waals surface area contributed by atoms with Crippen molar-refractivity contribution in [2.75, 3.05) is 27.2 Å². The van der Waals surface area contributed by atoms with Crippen LogP contribution in [-0.4, -0.2) is 33.2 Å². The van der Waals surface area contributed by atoms with Gasteiger partial charge in [0.05, 0.1) is 27.2 Å². The highest BCUT2D eigenvalue weighted by Crippen LogP contribution is 2.18. The molecular formula is C20H42ClNO2. The minimum atomic E-state index is 0. The van der Waals surface area contributed by atoms with Gasteiger partial charge in [0.15, 0.2) is 0 Å². The molecule has 0 aromatic carbocycles. The zero-order valence-electron chi connectivity index (χ0n) is 16.7. The summed E-state index contributed by atoms with van der Waals surface area (Å²) in [5.74, 6) is 0.588. The van der Waals surface area contributed by atoms with E-state index in [1.165, 1.54) is 69.2 Å². The number of hydrogen-bond donors (Lipinski definition) is 1. The Hall–Kier alpha value is -0.280. The SMILES string of the molecule is CCCCCCC(CCCC)COC(=O)CCCCC[NH+](C)C.[Cl-]. The highest BCUT2D eigenvalue weighted by molar-refractivity contribution is 5.69. The summed E-state index contributed by atoms with van der Waals surface area (Å²) < 4.78 is 5.54. The van der Waals surface area contributed by atoms with Crippen LogP contribution in [0.15, 0.2) is 0 Å². The highest BCUT2D eigenvalue weighted by atomic mass is 35.5. The summed E-state index contributed by atoms with van der Waals surface area (Å²) >= 11 is 0. The molecule has 0 saturated carbocycles. The zero-order chi connectivity index (χ0) is 17.3. The van der Waals surface area contributed by atoms with Crippen molar-refractivity contribution in [3.8, 4) is 0 Å². The molecule has 0 bridgehead atoms. The fourth-order valence-electron chi connectivity index (χ4n) is 2.87. The number of carbonyl (C=O) groups excluding carboxylic acids is 1. The number of hydrogen-bond acceptors (Lipinski definition) is 2. The van der Waals surface area contributed by atoms with Gasteiger partial charge in [-0.05, 0) is 38.0 Å². The number of quaternary nitrogens is 1. The lowest BCUT2D eigenvalue weighted by atomic mass is 9.96. The molecule has 0 amide bonds. The Balaban J connectivity index is 0.